The van der Waals surface area contributed by atoms with Gasteiger partial charge in [0.1, 0.15) is 11.8 Å². The number of piperidine rings is 1. The molecule has 0 N–H and O–H groups in total. The van der Waals surface area contributed by atoms with Crippen LogP contribution in [-0.4, -0.2) is 48.9 Å². The Morgan fingerprint density at radius 1 is 1.28 bits per heavy atom. The molecular formula is C12H20FNO4. The summed E-state index contributed by atoms with van der Waals surface area (Å²) in [5.74, 6) is -1.11. The summed E-state index contributed by atoms with van der Waals surface area (Å²) in [5, 5.41) is 0. The highest BCUT2D eigenvalue weighted by Gasteiger charge is 2.36. The van der Waals surface area contributed by atoms with E-state index in [1.54, 1.807) is 20.8 Å². The van der Waals surface area contributed by atoms with E-state index in [-0.39, 0.29) is 19.5 Å². The van der Waals surface area contributed by atoms with Crippen LogP contribution in [0.1, 0.15) is 27.2 Å². The fourth-order valence-electron chi connectivity index (χ4n) is 1.85. The number of amides is 1. The summed E-state index contributed by atoms with van der Waals surface area (Å²) in [4.78, 5) is 24.4. The second-order valence-electron chi connectivity index (χ2n) is 5.44. The minimum Gasteiger partial charge on any atom is -0.469 e. The summed E-state index contributed by atoms with van der Waals surface area (Å²) in [7, 11) is 1.25. The third kappa shape index (κ3) is 4.16. The first-order valence-corrected chi connectivity index (χ1v) is 5.92. The molecule has 0 aliphatic carbocycles. The van der Waals surface area contributed by atoms with Gasteiger partial charge < -0.3 is 14.4 Å². The van der Waals surface area contributed by atoms with Gasteiger partial charge in [-0.05, 0) is 27.2 Å². The average Bonchev–Trinajstić information content (AvgIpc) is 2.24. The number of methoxy groups -OCH3 is 1. The van der Waals surface area contributed by atoms with E-state index in [0.29, 0.717) is 0 Å². The molecule has 0 aromatic carbocycles. The Hall–Kier alpha value is -1.33. The van der Waals surface area contributed by atoms with E-state index >= 15 is 0 Å². The van der Waals surface area contributed by atoms with Crippen molar-refractivity contribution in [1.29, 1.82) is 0 Å². The normalized spacial score (nSPS) is 24.6. The quantitative estimate of drug-likeness (QED) is 0.675. The summed E-state index contributed by atoms with van der Waals surface area (Å²) >= 11 is 0. The van der Waals surface area contributed by atoms with Gasteiger partial charge in [-0.15, -0.1) is 0 Å². The Morgan fingerprint density at radius 2 is 1.89 bits per heavy atom. The lowest BCUT2D eigenvalue weighted by Gasteiger charge is -2.34. The third-order valence-corrected chi connectivity index (χ3v) is 2.59. The van der Waals surface area contributed by atoms with Gasteiger partial charge in [-0.25, -0.2) is 9.18 Å². The SMILES string of the molecule is COC(=O)[C@@H]1C[C@@H](F)CN(C(=O)OC(C)(C)C)C1. The Balaban J connectivity index is 2.66. The van der Waals surface area contributed by atoms with E-state index in [4.69, 9.17) is 4.74 Å². The minimum atomic E-state index is -1.23. The maximum atomic E-state index is 13.5. The van der Waals surface area contributed by atoms with Crippen LogP contribution in [0.25, 0.3) is 0 Å². The summed E-state index contributed by atoms with van der Waals surface area (Å²) in [6, 6.07) is 0. The van der Waals surface area contributed by atoms with Gasteiger partial charge in [-0.3, -0.25) is 4.79 Å². The molecule has 0 unspecified atom stereocenters. The first kappa shape index (κ1) is 14.7. The monoisotopic (exact) mass is 261 g/mol. The van der Waals surface area contributed by atoms with Gasteiger partial charge in [0.05, 0.1) is 19.6 Å². The fourth-order valence-corrected chi connectivity index (χ4v) is 1.85. The molecule has 0 aromatic rings. The first-order valence-electron chi connectivity index (χ1n) is 5.92. The van der Waals surface area contributed by atoms with Crippen molar-refractivity contribution in [3.05, 3.63) is 0 Å². The smallest absolute Gasteiger partial charge is 0.410 e. The lowest BCUT2D eigenvalue weighted by molar-refractivity contribution is -0.148. The zero-order valence-electron chi connectivity index (χ0n) is 11.2. The van der Waals surface area contributed by atoms with Gasteiger partial charge in [0.2, 0.25) is 0 Å². The molecule has 1 saturated heterocycles. The summed E-state index contributed by atoms with van der Waals surface area (Å²) in [6.45, 7) is 5.31. The molecule has 0 bridgehead atoms. The van der Waals surface area contributed by atoms with Crippen LogP contribution in [0.4, 0.5) is 9.18 Å². The minimum absolute atomic E-state index is 0.0393. The molecule has 1 aliphatic heterocycles. The highest BCUT2D eigenvalue weighted by Crippen LogP contribution is 2.22. The Bertz CT molecular complexity index is 327. The van der Waals surface area contributed by atoms with Gasteiger partial charge in [0, 0.05) is 6.54 Å². The molecule has 104 valence electrons. The molecule has 1 rings (SSSR count). The second kappa shape index (κ2) is 5.54. The zero-order valence-corrected chi connectivity index (χ0v) is 11.2. The molecule has 1 fully saturated rings. The molecule has 1 amide bonds. The van der Waals surface area contributed by atoms with E-state index in [0.717, 1.165) is 0 Å². The molecule has 0 saturated carbocycles. The average molecular weight is 261 g/mol. The summed E-state index contributed by atoms with van der Waals surface area (Å²) < 4.78 is 23.3. The maximum absolute atomic E-state index is 13.5. The van der Waals surface area contributed by atoms with Gasteiger partial charge >= 0.3 is 12.1 Å². The summed E-state index contributed by atoms with van der Waals surface area (Å²) in [5.41, 5.74) is -0.638. The zero-order chi connectivity index (χ0) is 13.9. The predicted octanol–water partition coefficient (Wildman–Crippen LogP) is 1.75. The standard InChI is InChI=1S/C12H20FNO4/c1-12(2,3)18-11(16)14-6-8(10(15)17-4)5-9(13)7-14/h8-9H,5-7H2,1-4H3/t8-,9-/m1/s1. The first-order chi connectivity index (χ1) is 8.23. The van der Waals surface area contributed by atoms with Crippen molar-refractivity contribution in [1.82, 2.24) is 4.90 Å². The number of rotatable bonds is 1. The molecule has 1 heterocycles. The predicted molar refractivity (Wildman–Crippen MR) is 62.8 cm³/mol. The topological polar surface area (TPSA) is 55.8 Å². The fraction of sp³-hybridized carbons (Fsp3) is 0.833. The van der Waals surface area contributed by atoms with Crippen molar-refractivity contribution < 1.29 is 23.5 Å². The van der Waals surface area contributed by atoms with Crippen molar-refractivity contribution in [2.45, 2.75) is 39.0 Å². The van der Waals surface area contributed by atoms with Crippen molar-refractivity contribution in [3.8, 4) is 0 Å². The van der Waals surface area contributed by atoms with Crippen molar-refractivity contribution in [2.24, 2.45) is 5.92 Å². The van der Waals surface area contributed by atoms with Crippen LogP contribution >= 0.6 is 0 Å². The maximum Gasteiger partial charge on any atom is 0.410 e. The number of carbonyl (C=O) groups excluding carboxylic acids is 2. The van der Waals surface area contributed by atoms with Crippen LogP contribution in [0, 0.1) is 5.92 Å². The number of carbonyl (C=O) groups is 2. The van der Waals surface area contributed by atoms with Gasteiger partial charge in [-0.1, -0.05) is 0 Å². The number of hydrogen-bond donors (Lipinski definition) is 0. The number of ether oxygens (including phenoxy) is 2. The molecule has 0 radical (unpaired) electrons. The number of hydrogen-bond acceptors (Lipinski definition) is 4. The number of likely N-dealkylation sites (tertiary alicyclic amines) is 1. The van der Waals surface area contributed by atoms with Crippen molar-refractivity contribution >= 4 is 12.1 Å². The Labute approximate surface area is 106 Å². The number of nitrogens with zero attached hydrogens (tertiary/aromatic N) is 1. The number of esters is 1. The van der Waals surface area contributed by atoms with E-state index < -0.39 is 29.8 Å². The van der Waals surface area contributed by atoms with Crippen LogP contribution in [0.15, 0.2) is 0 Å². The van der Waals surface area contributed by atoms with Crippen molar-refractivity contribution in [2.75, 3.05) is 20.2 Å². The molecule has 2 atom stereocenters. The molecule has 6 heteroatoms. The molecule has 0 spiro atoms. The highest BCUT2D eigenvalue weighted by molar-refractivity contribution is 5.75. The molecule has 0 aromatic heterocycles. The van der Waals surface area contributed by atoms with E-state index in [1.165, 1.54) is 12.0 Å². The highest BCUT2D eigenvalue weighted by atomic mass is 19.1. The van der Waals surface area contributed by atoms with Crippen LogP contribution < -0.4 is 0 Å². The van der Waals surface area contributed by atoms with Crippen LogP contribution in [0.5, 0.6) is 0 Å². The van der Waals surface area contributed by atoms with E-state index in [1.807, 2.05) is 0 Å². The molecular weight excluding hydrogens is 241 g/mol. The molecule has 18 heavy (non-hydrogen) atoms. The Morgan fingerprint density at radius 3 is 2.39 bits per heavy atom. The summed E-state index contributed by atoms with van der Waals surface area (Å²) in [6.07, 6.45) is -1.74. The van der Waals surface area contributed by atoms with E-state index in [2.05, 4.69) is 4.74 Å². The van der Waals surface area contributed by atoms with E-state index in [9.17, 15) is 14.0 Å². The van der Waals surface area contributed by atoms with Crippen LogP contribution in [-0.2, 0) is 14.3 Å². The lowest BCUT2D eigenvalue weighted by atomic mass is 9.97. The number of halogens is 1. The van der Waals surface area contributed by atoms with Gasteiger partial charge in [-0.2, -0.15) is 0 Å². The number of alkyl halides is 1. The van der Waals surface area contributed by atoms with Crippen molar-refractivity contribution in [3.63, 3.8) is 0 Å². The second-order valence-corrected chi connectivity index (χ2v) is 5.44. The Kier molecular flexibility index (Phi) is 4.53. The van der Waals surface area contributed by atoms with Crippen LogP contribution in [0.2, 0.25) is 0 Å². The van der Waals surface area contributed by atoms with Crippen LogP contribution in [0.3, 0.4) is 0 Å². The third-order valence-electron chi connectivity index (χ3n) is 2.59. The molecule has 1 aliphatic rings. The van der Waals surface area contributed by atoms with Gasteiger partial charge in [0.25, 0.3) is 0 Å². The largest absolute Gasteiger partial charge is 0.469 e. The lowest BCUT2D eigenvalue weighted by Crippen LogP contribution is -2.48. The van der Waals surface area contributed by atoms with Gasteiger partial charge in [0.15, 0.2) is 0 Å². The molecule has 5 nitrogen and oxygen atoms in total.